The first kappa shape index (κ1) is 9.23. The van der Waals surface area contributed by atoms with Crippen LogP contribution >= 0.6 is 0 Å². The molecule has 0 spiro atoms. The van der Waals surface area contributed by atoms with Gasteiger partial charge in [-0.1, -0.05) is 19.8 Å². The molecule has 0 bridgehead atoms. The largest absolute Gasteiger partial charge is 0.395 e. The van der Waals surface area contributed by atoms with E-state index in [1.165, 1.54) is 6.42 Å². The molecule has 1 saturated carbocycles. The van der Waals surface area contributed by atoms with Crippen molar-refractivity contribution >= 4 is 12.4 Å². The van der Waals surface area contributed by atoms with Crippen molar-refractivity contribution < 1.29 is 14.3 Å². The minimum Gasteiger partial charge on any atom is -0.395 e. The molecular formula is C9H14O3. The van der Waals surface area contributed by atoms with Crippen molar-refractivity contribution in [2.75, 3.05) is 0 Å². The molecule has 1 aliphatic carbocycles. The summed E-state index contributed by atoms with van der Waals surface area (Å²) in [7, 11) is 0. The van der Waals surface area contributed by atoms with Gasteiger partial charge in [0.25, 0.3) is 0 Å². The Bertz CT molecular complexity index is 177. The summed E-state index contributed by atoms with van der Waals surface area (Å²) in [5, 5.41) is 0. The van der Waals surface area contributed by atoms with Gasteiger partial charge in [-0.05, 0) is 18.8 Å². The molecule has 1 fully saturated rings. The van der Waals surface area contributed by atoms with E-state index < -0.39 is 0 Å². The van der Waals surface area contributed by atoms with Crippen molar-refractivity contribution in [2.24, 2.45) is 11.8 Å². The highest BCUT2D eigenvalue weighted by Crippen LogP contribution is 2.30. The quantitative estimate of drug-likeness (QED) is 0.358. The van der Waals surface area contributed by atoms with Gasteiger partial charge in [-0.3, -0.25) is 9.59 Å². The Morgan fingerprint density at radius 2 is 2.08 bits per heavy atom. The van der Waals surface area contributed by atoms with E-state index >= 15 is 0 Å². The monoisotopic (exact) mass is 170 g/mol. The first-order valence-electron chi connectivity index (χ1n) is 4.40. The van der Waals surface area contributed by atoms with Gasteiger partial charge in [0.05, 0.1) is 5.92 Å². The summed E-state index contributed by atoms with van der Waals surface area (Å²) in [6.07, 6.45) is 4.20. The molecule has 3 heteroatoms. The Hall–Kier alpha value is -0.860. The highest BCUT2D eigenvalue weighted by atomic mass is 16.6. The second-order valence-electron chi connectivity index (χ2n) is 3.40. The minimum absolute atomic E-state index is 0.0519. The topological polar surface area (TPSA) is 43.4 Å². The molecule has 2 unspecified atom stereocenters. The fourth-order valence-corrected chi connectivity index (χ4v) is 1.80. The molecular weight excluding hydrogens is 156 g/mol. The van der Waals surface area contributed by atoms with Crippen molar-refractivity contribution in [1.82, 2.24) is 0 Å². The predicted octanol–water partition coefficient (Wildman–Crippen LogP) is 1.51. The zero-order valence-electron chi connectivity index (χ0n) is 7.29. The van der Waals surface area contributed by atoms with Gasteiger partial charge in [0.15, 0.2) is 0 Å². The lowest BCUT2D eigenvalue weighted by Gasteiger charge is -2.25. The summed E-state index contributed by atoms with van der Waals surface area (Å²) < 4.78 is 4.33. The maximum Gasteiger partial charge on any atom is 0.316 e. The van der Waals surface area contributed by atoms with E-state index in [2.05, 4.69) is 4.74 Å². The summed E-state index contributed by atoms with van der Waals surface area (Å²) in [4.78, 5) is 21.1. The maximum absolute atomic E-state index is 11.2. The molecule has 1 aliphatic rings. The third kappa shape index (κ3) is 2.06. The van der Waals surface area contributed by atoms with E-state index in [1.807, 2.05) is 6.92 Å². The Morgan fingerprint density at radius 1 is 1.42 bits per heavy atom. The first-order chi connectivity index (χ1) is 5.75. The molecule has 0 aromatic heterocycles. The Balaban J connectivity index is 2.47. The van der Waals surface area contributed by atoms with Gasteiger partial charge in [-0.15, -0.1) is 0 Å². The highest BCUT2D eigenvalue weighted by Gasteiger charge is 2.28. The third-order valence-electron chi connectivity index (χ3n) is 2.58. The maximum atomic E-state index is 11.2. The molecule has 0 radical (unpaired) electrons. The molecule has 0 saturated heterocycles. The van der Waals surface area contributed by atoms with Gasteiger partial charge in [0, 0.05) is 0 Å². The van der Waals surface area contributed by atoms with E-state index in [1.54, 1.807) is 0 Å². The average Bonchev–Trinajstić information content (AvgIpc) is 2.05. The Kier molecular flexibility index (Phi) is 3.26. The molecule has 0 aliphatic heterocycles. The van der Waals surface area contributed by atoms with Gasteiger partial charge in [-0.2, -0.15) is 0 Å². The highest BCUT2D eigenvalue weighted by molar-refractivity contribution is 5.78. The minimum atomic E-state index is -0.350. The number of carbonyl (C=O) groups excluding carboxylic acids is 2. The first-order valence-corrected chi connectivity index (χ1v) is 4.40. The lowest BCUT2D eigenvalue weighted by Crippen LogP contribution is -2.26. The average molecular weight is 170 g/mol. The molecule has 0 aromatic carbocycles. The van der Waals surface area contributed by atoms with Crippen LogP contribution in [0.1, 0.15) is 32.6 Å². The van der Waals surface area contributed by atoms with Crippen LogP contribution in [0, 0.1) is 11.8 Å². The van der Waals surface area contributed by atoms with Crippen molar-refractivity contribution in [2.45, 2.75) is 32.6 Å². The number of hydrogen-bond donors (Lipinski definition) is 0. The summed E-state index contributed by atoms with van der Waals surface area (Å²) >= 11 is 0. The number of esters is 1. The van der Waals surface area contributed by atoms with Crippen LogP contribution in [0.5, 0.6) is 0 Å². The van der Waals surface area contributed by atoms with E-state index in [0.29, 0.717) is 5.92 Å². The molecule has 0 aromatic rings. The summed E-state index contributed by atoms with van der Waals surface area (Å²) in [6, 6.07) is 0. The summed E-state index contributed by atoms with van der Waals surface area (Å²) in [6.45, 7) is 2.26. The Morgan fingerprint density at radius 3 is 2.67 bits per heavy atom. The van der Waals surface area contributed by atoms with Crippen LogP contribution in [0.15, 0.2) is 0 Å². The van der Waals surface area contributed by atoms with Crippen LogP contribution in [0.3, 0.4) is 0 Å². The van der Waals surface area contributed by atoms with Crippen LogP contribution in [-0.2, 0) is 14.3 Å². The van der Waals surface area contributed by atoms with Crippen LogP contribution in [0.4, 0.5) is 0 Å². The lowest BCUT2D eigenvalue weighted by atomic mass is 9.80. The molecule has 0 N–H and O–H groups in total. The summed E-state index contributed by atoms with van der Waals surface area (Å²) in [5.41, 5.74) is 0. The van der Waals surface area contributed by atoms with Gasteiger partial charge < -0.3 is 4.74 Å². The molecule has 1 rings (SSSR count). The van der Waals surface area contributed by atoms with Gasteiger partial charge >= 0.3 is 12.4 Å². The normalized spacial score (nSPS) is 29.4. The van der Waals surface area contributed by atoms with Gasteiger partial charge in [0.2, 0.25) is 0 Å². The molecule has 0 heterocycles. The zero-order valence-corrected chi connectivity index (χ0v) is 7.29. The number of ether oxygens (including phenoxy) is 1. The SMILES string of the molecule is CC1CCCCC1C(=O)OC=O. The molecule has 0 amide bonds. The van der Waals surface area contributed by atoms with Crippen molar-refractivity contribution in [1.29, 1.82) is 0 Å². The fourth-order valence-electron chi connectivity index (χ4n) is 1.80. The van der Waals surface area contributed by atoms with Gasteiger partial charge in [-0.25, -0.2) is 0 Å². The van der Waals surface area contributed by atoms with Crippen molar-refractivity contribution in [3.8, 4) is 0 Å². The third-order valence-corrected chi connectivity index (χ3v) is 2.58. The predicted molar refractivity (Wildman–Crippen MR) is 43.3 cm³/mol. The van der Waals surface area contributed by atoms with E-state index in [9.17, 15) is 9.59 Å². The second-order valence-corrected chi connectivity index (χ2v) is 3.40. The van der Waals surface area contributed by atoms with E-state index in [-0.39, 0.29) is 18.4 Å². The van der Waals surface area contributed by atoms with E-state index in [4.69, 9.17) is 0 Å². The van der Waals surface area contributed by atoms with Crippen molar-refractivity contribution in [3.63, 3.8) is 0 Å². The lowest BCUT2D eigenvalue weighted by molar-refractivity contribution is -0.157. The smallest absolute Gasteiger partial charge is 0.316 e. The molecule has 3 nitrogen and oxygen atoms in total. The second kappa shape index (κ2) is 4.24. The molecule has 12 heavy (non-hydrogen) atoms. The Labute approximate surface area is 72.1 Å². The zero-order chi connectivity index (χ0) is 8.97. The van der Waals surface area contributed by atoms with Crippen LogP contribution < -0.4 is 0 Å². The number of carbonyl (C=O) groups is 2. The molecule has 68 valence electrons. The molecule has 2 atom stereocenters. The summed E-state index contributed by atoms with van der Waals surface area (Å²) in [5.74, 6) is -0.0349. The van der Waals surface area contributed by atoms with Gasteiger partial charge in [0.1, 0.15) is 0 Å². The standard InChI is InChI=1S/C9H14O3/c1-7-4-2-3-5-8(7)9(11)12-6-10/h6-8H,2-5H2,1H3. The number of hydrogen-bond acceptors (Lipinski definition) is 3. The van der Waals surface area contributed by atoms with E-state index in [0.717, 1.165) is 19.3 Å². The van der Waals surface area contributed by atoms with Crippen LogP contribution in [0.2, 0.25) is 0 Å². The van der Waals surface area contributed by atoms with Crippen LogP contribution in [-0.4, -0.2) is 12.4 Å². The fraction of sp³-hybridized carbons (Fsp3) is 0.778. The number of rotatable bonds is 2. The van der Waals surface area contributed by atoms with Crippen LogP contribution in [0.25, 0.3) is 0 Å². The van der Waals surface area contributed by atoms with Crippen molar-refractivity contribution in [3.05, 3.63) is 0 Å².